The molecule has 0 saturated carbocycles. The van der Waals surface area contributed by atoms with E-state index in [2.05, 4.69) is 0 Å². The molecular formula is C16H11O5-. The summed E-state index contributed by atoms with van der Waals surface area (Å²) in [6, 6.07) is 8.84. The van der Waals surface area contributed by atoms with E-state index in [9.17, 15) is 15.0 Å². The molecule has 0 radical (unpaired) electrons. The predicted octanol–water partition coefficient (Wildman–Crippen LogP) is 2.25. The summed E-state index contributed by atoms with van der Waals surface area (Å²) in [6.45, 7) is 0. The maximum Gasteiger partial charge on any atom is 0.199 e. The van der Waals surface area contributed by atoms with Crippen LogP contribution < -0.4 is 15.3 Å². The minimum atomic E-state index is -0.446. The van der Waals surface area contributed by atoms with Gasteiger partial charge in [-0.3, -0.25) is 4.79 Å². The topological polar surface area (TPSA) is 82.7 Å². The molecule has 1 N–H and O–H groups in total. The Kier molecular flexibility index (Phi) is 3.02. The molecule has 3 rings (SSSR count). The Hall–Kier alpha value is -2.95. The largest absolute Gasteiger partial charge is 0.872 e. The molecule has 3 aromatic rings. The van der Waals surface area contributed by atoms with Crippen molar-refractivity contribution in [1.82, 2.24) is 0 Å². The second-order valence-electron chi connectivity index (χ2n) is 4.52. The normalized spacial score (nSPS) is 10.7. The second-order valence-corrected chi connectivity index (χ2v) is 4.52. The van der Waals surface area contributed by atoms with E-state index in [1.807, 2.05) is 0 Å². The number of hydrogen-bond acceptors (Lipinski definition) is 5. The summed E-state index contributed by atoms with van der Waals surface area (Å²) in [7, 11) is 1.43. The van der Waals surface area contributed by atoms with E-state index in [1.165, 1.54) is 37.6 Å². The van der Waals surface area contributed by atoms with Crippen LogP contribution in [0.4, 0.5) is 0 Å². The SMILES string of the molecule is COc1cc([O-])c2c(=O)c(-c3ccc(O)cc3)coc2c1. The van der Waals surface area contributed by atoms with E-state index in [1.54, 1.807) is 12.1 Å². The van der Waals surface area contributed by atoms with Crippen molar-refractivity contribution in [1.29, 1.82) is 0 Å². The molecule has 0 aliphatic heterocycles. The van der Waals surface area contributed by atoms with Crippen molar-refractivity contribution in [2.24, 2.45) is 0 Å². The first-order valence-corrected chi connectivity index (χ1v) is 6.20. The number of ether oxygens (including phenoxy) is 1. The van der Waals surface area contributed by atoms with Crippen molar-refractivity contribution >= 4 is 11.0 Å². The van der Waals surface area contributed by atoms with E-state index in [4.69, 9.17) is 9.15 Å². The summed E-state index contributed by atoms with van der Waals surface area (Å²) in [5, 5.41) is 21.3. The summed E-state index contributed by atoms with van der Waals surface area (Å²) < 4.78 is 10.4. The molecular weight excluding hydrogens is 272 g/mol. The molecule has 106 valence electrons. The highest BCUT2D eigenvalue weighted by molar-refractivity contribution is 5.87. The number of hydrogen-bond donors (Lipinski definition) is 1. The zero-order valence-electron chi connectivity index (χ0n) is 11.1. The van der Waals surface area contributed by atoms with Gasteiger partial charge in [0.1, 0.15) is 23.3 Å². The minimum Gasteiger partial charge on any atom is -0.872 e. The summed E-state index contributed by atoms with van der Waals surface area (Å²) >= 11 is 0. The first-order chi connectivity index (χ1) is 10.1. The molecule has 2 aromatic carbocycles. The Bertz CT molecular complexity index is 862. The van der Waals surface area contributed by atoms with Gasteiger partial charge in [-0.05, 0) is 23.8 Å². The molecule has 0 aliphatic rings. The van der Waals surface area contributed by atoms with Crippen LogP contribution in [-0.4, -0.2) is 12.2 Å². The van der Waals surface area contributed by atoms with Crippen molar-refractivity contribution in [2.45, 2.75) is 0 Å². The quantitative estimate of drug-likeness (QED) is 0.780. The van der Waals surface area contributed by atoms with Crippen molar-refractivity contribution in [3.8, 4) is 28.4 Å². The Morgan fingerprint density at radius 3 is 2.57 bits per heavy atom. The summed E-state index contributed by atoms with van der Waals surface area (Å²) in [5.41, 5.74) is 0.616. The van der Waals surface area contributed by atoms with Crippen LogP contribution in [0.1, 0.15) is 0 Å². The number of aromatic hydroxyl groups is 1. The highest BCUT2D eigenvalue weighted by Gasteiger charge is 2.11. The lowest BCUT2D eigenvalue weighted by Gasteiger charge is -2.12. The molecule has 0 fully saturated rings. The van der Waals surface area contributed by atoms with Gasteiger partial charge in [0, 0.05) is 6.07 Å². The lowest BCUT2D eigenvalue weighted by molar-refractivity contribution is -0.266. The predicted molar refractivity (Wildman–Crippen MR) is 75.6 cm³/mol. The van der Waals surface area contributed by atoms with E-state index >= 15 is 0 Å². The number of methoxy groups -OCH3 is 1. The van der Waals surface area contributed by atoms with Gasteiger partial charge < -0.3 is 19.4 Å². The Balaban J connectivity index is 2.28. The average Bonchev–Trinajstić information content (AvgIpc) is 2.48. The molecule has 5 heteroatoms. The smallest absolute Gasteiger partial charge is 0.199 e. The van der Waals surface area contributed by atoms with E-state index in [-0.39, 0.29) is 22.3 Å². The van der Waals surface area contributed by atoms with Gasteiger partial charge in [0.25, 0.3) is 0 Å². The van der Waals surface area contributed by atoms with Gasteiger partial charge in [-0.25, -0.2) is 0 Å². The van der Waals surface area contributed by atoms with Gasteiger partial charge in [0.15, 0.2) is 5.43 Å². The van der Waals surface area contributed by atoms with Crippen LogP contribution in [0.15, 0.2) is 51.9 Å². The number of rotatable bonds is 2. The third-order valence-electron chi connectivity index (χ3n) is 3.23. The Labute approximate surface area is 119 Å². The molecule has 0 amide bonds. The fraction of sp³-hybridized carbons (Fsp3) is 0.0625. The lowest BCUT2D eigenvalue weighted by atomic mass is 10.0. The molecule has 0 spiro atoms. The molecule has 0 unspecified atom stereocenters. The van der Waals surface area contributed by atoms with Crippen LogP contribution >= 0.6 is 0 Å². The van der Waals surface area contributed by atoms with E-state index < -0.39 is 11.2 Å². The third-order valence-corrected chi connectivity index (χ3v) is 3.23. The highest BCUT2D eigenvalue weighted by Crippen LogP contribution is 2.28. The van der Waals surface area contributed by atoms with E-state index in [0.29, 0.717) is 11.3 Å². The van der Waals surface area contributed by atoms with E-state index in [0.717, 1.165) is 0 Å². The first kappa shape index (κ1) is 13.1. The Morgan fingerprint density at radius 2 is 1.90 bits per heavy atom. The van der Waals surface area contributed by atoms with Crippen molar-refractivity contribution in [3.05, 3.63) is 52.9 Å². The fourth-order valence-corrected chi connectivity index (χ4v) is 2.15. The number of benzene rings is 2. The van der Waals surface area contributed by atoms with Crippen molar-refractivity contribution in [3.63, 3.8) is 0 Å². The van der Waals surface area contributed by atoms with Crippen LogP contribution in [0.2, 0.25) is 0 Å². The first-order valence-electron chi connectivity index (χ1n) is 6.20. The van der Waals surface area contributed by atoms with Crippen LogP contribution in [0.3, 0.4) is 0 Å². The summed E-state index contributed by atoms with van der Waals surface area (Å²) in [4.78, 5) is 12.5. The van der Waals surface area contributed by atoms with Crippen LogP contribution in [0, 0.1) is 0 Å². The number of phenolic OH excluding ortho intramolecular Hbond substituents is 1. The zero-order valence-corrected chi connectivity index (χ0v) is 11.1. The van der Waals surface area contributed by atoms with Crippen molar-refractivity contribution in [2.75, 3.05) is 7.11 Å². The van der Waals surface area contributed by atoms with Gasteiger partial charge in [-0.2, -0.15) is 0 Å². The van der Waals surface area contributed by atoms with Gasteiger partial charge in [0.05, 0.1) is 18.1 Å². The molecule has 0 atom stereocenters. The van der Waals surface area contributed by atoms with Crippen molar-refractivity contribution < 1.29 is 19.4 Å². The van der Waals surface area contributed by atoms with Gasteiger partial charge in [0.2, 0.25) is 0 Å². The number of fused-ring (bicyclic) bond motifs is 1. The Morgan fingerprint density at radius 1 is 1.19 bits per heavy atom. The molecule has 1 heterocycles. The minimum absolute atomic E-state index is 0.0126. The van der Waals surface area contributed by atoms with Crippen LogP contribution in [0.25, 0.3) is 22.1 Å². The molecule has 0 aliphatic carbocycles. The van der Waals surface area contributed by atoms with Gasteiger partial charge in [-0.1, -0.05) is 17.9 Å². The molecule has 1 aromatic heterocycles. The van der Waals surface area contributed by atoms with Gasteiger partial charge >= 0.3 is 0 Å². The number of phenols is 1. The fourth-order valence-electron chi connectivity index (χ4n) is 2.15. The summed E-state index contributed by atoms with van der Waals surface area (Å²) in [6.07, 6.45) is 1.30. The average molecular weight is 283 g/mol. The monoisotopic (exact) mass is 283 g/mol. The summed E-state index contributed by atoms with van der Waals surface area (Å²) in [5.74, 6) is -0.00932. The molecule has 0 saturated heterocycles. The standard InChI is InChI=1S/C16H12O5/c1-20-11-6-13(18)15-14(7-11)21-8-12(16(15)19)9-2-4-10(17)5-3-9/h2-8,17-18H,1H3/p-1. The molecule has 0 bridgehead atoms. The lowest BCUT2D eigenvalue weighted by Crippen LogP contribution is -2.08. The second kappa shape index (κ2) is 4.86. The molecule has 5 nitrogen and oxygen atoms in total. The van der Waals surface area contributed by atoms with Gasteiger partial charge in [-0.15, -0.1) is 0 Å². The highest BCUT2D eigenvalue weighted by atomic mass is 16.5. The zero-order chi connectivity index (χ0) is 15.0. The molecule has 21 heavy (non-hydrogen) atoms. The van der Waals surface area contributed by atoms with Crippen LogP contribution in [-0.2, 0) is 0 Å². The van der Waals surface area contributed by atoms with Crippen LogP contribution in [0.5, 0.6) is 17.2 Å². The maximum absolute atomic E-state index is 12.5. The maximum atomic E-state index is 12.5. The third kappa shape index (κ3) is 2.18.